The molecule has 0 saturated carbocycles. The van der Waals surface area contributed by atoms with Gasteiger partial charge >= 0.3 is 23.9 Å². The zero-order valence-corrected chi connectivity index (χ0v) is 45.7. The van der Waals surface area contributed by atoms with Crippen molar-refractivity contribution in [3.8, 4) is 5.75 Å². The molecule has 1 aromatic carbocycles. The molecule has 0 aliphatic heterocycles. The number of phenols is 1. The van der Waals surface area contributed by atoms with Crippen molar-refractivity contribution in [3.05, 3.63) is 29.8 Å². The second-order valence-electron chi connectivity index (χ2n) is 20.3. The zero-order chi connectivity index (χ0) is 60.3. The van der Waals surface area contributed by atoms with Gasteiger partial charge in [-0.25, -0.2) is 4.79 Å². The van der Waals surface area contributed by atoms with Gasteiger partial charge < -0.3 is 84.6 Å². The van der Waals surface area contributed by atoms with Gasteiger partial charge in [0, 0.05) is 12.8 Å². The highest BCUT2D eigenvalue weighted by molar-refractivity contribution is 5.99. The maximum Gasteiger partial charge on any atom is 0.326 e. The van der Waals surface area contributed by atoms with Gasteiger partial charge in [0.2, 0.25) is 47.3 Å². The predicted octanol–water partition coefficient (Wildman–Crippen LogP) is -1.92. The quantitative estimate of drug-likeness (QED) is 0.0321. The van der Waals surface area contributed by atoms with Crippen molar-refractivity contribution in [2.24, 2.45) is 29.2 Å². The third-order valence-corrected chi connectivity index (χ3v) is 12.4. The topological polar surface area (TPSA) is 474 Å². The first kappa shape index (κ1) is 69.6. The number of hydrogen-bond donors (Lipinski definition) is 16. The van der Waals surface area contributed by atoms with Gasteiger partial charge in [-0.2, -0.15) is 0 Å². The Labute approximate surface area is 458 Å². The summed E-state index contributed by atoms with van der Waals surface area (Å²) in [5.74, 6) is -15.4. The summed E-state index contributed by atoms with van der Waals surface area (Å²) < 4.78 is 0. The van der Waals surface area contributed by atoms with E-state index >= 15 is 0 Å². The maximum absolute atomic E-state index is 14.2. The highest BCUT2D eigenvalue weighted by Gasteiger charge is 2.37. The summed E-state index contributed by atoms with van der Waals surface area (Å²) in [5.41, 5.74) is 12.4. The van der Waals surface area contributed by atoms with Crippen LogP contribution in [0, 0.1) is 17.8 Å². The van der Waals surface area contributed by atoms with E-state index in [1.165, 1.54) is 31.2 Å². The fourth-order valence-electron chi connectivity index (χ4n) is 7.83. The first-order chi connectivity index (χ1) is 36.9. The Kier molecular flexibility index (Phi) is 30.9. The molecule has 0 aromatic heterocycles. The molecule has 0 spiro atoms. The number of nitrogens with two attached hydrogens (primary N) is 2. The number of phenolic OH excluding ortho intramolecular Hbond substituents is 1. The fourth-order valence-corrected chi connectivity index (χ4v) is 7.83. The number of hydrogen-bond acceptors (Lipinski definition) is 16. The molecule has 0 radical (unpaired) electrons. The Bertz CT molecular complexity index is 2250. The normalized spacial score (nSPS) is 15.4. The largest absolute Gasteiger partial charge is 0.508 e. The highest BCUT2D eigenvalue weighted by atomic mass is 16.4. The van der Waals surface area contributed by atoms with E-state index in [4.69, 9.17) is 11.5 Å². The number of rotatable bonds is 38. The highest BCUT2D eigenvalue weighted by Crippen LogP contribution is 2.15. The lowest BCUT2D eigenvalue weighted by atomic mass is 9.98. The first-order valence-corrected chi connectivity index (χ1v) is 26.1. The van der Waals surface area contributed by atoms with E-state index < -0.39 is 170 Å². The van der Waals surface area contributed by atoms with E-state index in [9.17, 15) is 88.2 Å². The molecule has 0 heterocycles. The molecule has 444 valence electrons. The molecule has 11 atom stereocenters. The van der Waals surface area contributed by atoms with Gasteiger partial charge in [-0.3, -0.25) is 52.7 Å². The van der Waals surface area contributed by atoms with E-state index in [2.05, 4.69) is 42.5 Å². The molecular formula is C51H82N10O18. The molecule has 0 bridgehead atoms. The predicted molar refractivity (Wildman–Crippen MR) is 282 cm³/mol. The number of carbonyl (C=O) groups excluding carboxylic acids is 8. The summed E-state index contributed by atoms with van der Waals surface area (Å²) in [6, 6.07) is -8.30. The molecule has 1 rings (SSSR count). The molecule has 28 nitrogen and oxygen atoms in total. The van der Waals surface area contributed by atoms with E-state index in [1.807, 2.05) is 0 Å². The second kappa shape index (κ2) is 35.1. The number of carbonyl (C=O) groups is 12. The third kappa shape index (κ3) is 26.6. The SMILES string of the molecule is CC[C@H](C)[C@H](NC(=O)[C@H](CCC(=O)O)NC(=O)[C@@H](NC(=O)[C@H](CC(=O)O)NC(=O)[C@H](CC(C)C)NC(=O)[C@H](CC(C)C)NC(=O)[C@H](CCCCN)NC(=O)[C@H](CCC(=O)O)NC(=O)[C@@H](N)Cc1ccc(O)cc1)[C@@H](C)O)C(=O)O. The Balaban J connectivity index is 3.48. The van der Waals surface area contributed by atoms with Crippen molar-refractivity contribution in [2.45, 2.75) is 186 Å². The van der Waals surface area contributed by atoms with Crippen molar-refractivity contribution in [3.63, 3.8) is 0 Å². The standard InChI is InChI=1S/C51H82N10O18/c1-8-27(6)41(51(78)79)60-46(73)34(17-19-39(66)67)56-50(77)42(28(7)62)61-49(76)37(24-40(68)69)59-48(75)36(22-26(4)5)58-47(74)35(21-25(2)3)57-44(71)32(11-9-10-20-52)55-45(72)33(16-18-38(64)65)54-43(70)31(53)23-29-12-14-30(63)15-13-29/h12-15,25-28,31-37,41-42,62-63H,8-11,16-24,52-53H2,1-7H3,(H,54,70)(H,55,72)(H,56,77)(H,57,71)(H,58,74)(H,59,75)(H,60,73)(H,61,76)(H,64,65)(H,66,67)(H,68,69)(H,78,79)/t27-,28+,31-,32-,33-,34-,35-,36-,37-,41-,42-/m0/s1. The summed E-state index contributed by atoms with van der Waals surface area (Å²) in [4.78, 5) is 157. The van der Waals surface area contributed by atoms with Crippen LogP contribution in [0.5, 0.6) is 5.75 Å². The number of amides is 8. The average Bonchev–Trinajstić information content (AvgIpc) is 3.35. The van der Waals surface area contributed by atoms with E-state index in [0.29, 0.717) is 18.4 Å². The minimum Gasteiger partial charge on any atom is -0.508 e. The fraction of sp³-hybridized carbons (Fsp3) is 0.647. The molecule has 28 heteroatoms. The molecule has 0 saturated heterocycles. The Morgan fingerprint density at radius 3 is 1.30 bits per heavy atom. The maximum atomic E-state index is 14.2. The van der Waals surface area contributed by atoms with Gasteiger partial charge in [-0.1, -0.05) is 60.1 Å². The van der Waals surface area contributed by atoms with Crippen LogP contribution in [0.3, 0.4) is 0 Å². The molecule has 79 heavy (non-hydrogen) atoms. The summed E-state index contributed by atoms with van der Waals surface area (Å²) in [7, 11) is 0. The van der Waals surface area contributed by atoms with Crippen LogP contribution < -0.4 is 54.0 Å². The summed E-state index contributed by atoms with van der Waals surface area (Å²) in [5, 5.41) is 77.5. The molecule has 0 aliphatic rings. The number of aliphatic carboxylic acids is 4. The van der Waals surface area contributed by atoms with Gasteiger partial charge in [-0.15, -0.1) is 0 Å². The van der Waals surface area contributed by atoms with Gasteiger partial charge in [0.1, 0.15) is 54.1 Å². The molecule has 18 N–H and O–H groups in total. The molecule has 1 aromatic rings. The van der Waals surface area contributed by atoms with Crippen LogP contribution in [0.1, 0.15) is 125 Å². The van der Waals surface area contributed by atoms with Gasteiger partial charge in [0.25, 0.3) is 0 Å². The minimum absolute atomic E-state index is 0.0190. The van der Waals surface area contributed by atoms with Crippen molar-refractivity contribution in [1.82, 2.24) is 42.5 Å². The summed E-state index contributed by atoms with van der Waals surface area (Å²) in [6.07, 6.45) is -4.37. The number of benzene rings is 1. The van der Waals surface area contributed by atoms with Crippen LogP contribution >= 0.6 is 0 Å². The number of aliphatic hydroxyl groups is 1. The van der Waals surface area contributed by atoms with E-state index in [1.54, 1.807) is 34.6 Å². The van der Waals surface area contributed by atoms with Crippen LogP contribution in [-0.2, 0) is 64.0 Å². The van der Waals surface area contributed by atoms with Crippen LogP contribution in [0.2, 0.25) is 0 Å². The number of carboxylic acid groups (broad SMARTS) is 4. The lowest BCUT2D eigenvalue weighted by Crippen LogP contribution is -2.62. The van der Waals surface area contributed by atoms with E-state index in [-0.39, 0.29) is 56.2 Å². The van der Waals surface area contributed by atoms with Crippen LogP contribution in [-0.4, -0.2) is 169 Å². The molecule has 0 unspecified atom stereocenters. The Morgan fingerprint density at radius 1 is 0.494 bits per heavy atom. The number of carboxylic acids is 4. The summed E-state index contributed by atoms with van der Waals surface area (Å²) >= 11 is 0. The number of aliphatic hydroxyl groups excluding tert-OH is 1. The summed E-state index contributed by atoms with van der Waals surface area (Å²) in [6.45, 7) is 11.2. The second-order valence-corrected chi connectivity index (χ2v) is 20.3. The lowest BCUT2D eigenvalue weighted by molar-refractivity contribution is -0.144. The molecular weight excluding hydrogens is 1040 g/mol. The molecule has 8 amide bonds. The van der Waals surface area contributed by atoms with Gasteiger partial charge in [0.05, 0.1) is 18.6 Å². The third-order valence-electron chi connectivity index (χ3n) is 12.4. The molecule has 0 aliphatic carbocycles. The zero-order valence-electron chi connectivity index (χ0n) is 45.7. The lowest BCUT2D eigenvalue weighted by Gasteiger charge is -2.29. The van der Waals surface area contributed by atoms with E-state index in [0.717, 1.165) is 6.92 Å². The Hall–Kier alpha value is -7.46. The van der Waals surface area contributed by atoms with Crippen molar-refractivity contribution < 1.29 is 88.2 Å². The number of aromatic hydroxyl groups is 1. The average molecular weight is 1120 g/mol. The van der Waals surface area contributed by atoms with Crippen LogP contribution in [0.4, 0.5) is 0 Å². The Morgan fingerprint density at radius 2 is 0.886 bits per heavy atom. The van der Waals surface area contributed by atoms with Crippen molar-refractivity contribution >= 4 is 71.1 Å². The van der Waals surface area contributed by atoms with Gasteiger partial charge in [-0.05, 0) is 100 Å². The smallest absolute Gasteiger partial charge is 0.326 e. The van der Waals surface area contributed by atoms with Crippen molar-refractivity contribution in [1.29, 1.82) is 0 Å². The molecule has 0 fully saturated rings. The van der Waals surface area contributed by atoms with Gasteiger partial charge in [0.15, 0.2) is 0 Å². The van der Waals surface area contributed by atoms with Crippen LogP contribution in [0.15, 0.2) is 24.3 Å². The van der Waals surface area contributed by atoms with Crippen molar-refractivity contribution in [2.75, 3.05) is 6.54 Å². The first-order valence-electron chi connectivity index (χ1n) is 26.1. The van der Waals surface area contributed by atoms with Crippen LogP contribution in [0.25, 0.3) is 0 Å². The number of nitrogens with one attached hydrogen (secondary N) is 8. The minimum atomic E-state index is -1.99. The number of unbranched alkanes of at least 4 members (excludes halogenated alkanes) is 1. The monoisotopic (exact) mass is 1120 g/mol.